The molecule has 1 rings (SSSR count). The van der Waals surface area contributed by atoms with Crippen molar-refractivity contribution >= 4 is 17.7 Å². The van der Waals surface area contributed by atoms with Crippen molar-refractivity contribution in [3.05, 3.63) is 11.4 Å². The van der Waals surface area contributed by atoms with E-state index in [1.165, 1.54) is 4.90 Å². The SMILES string of the molecule is CCCNc1nc(C)nc(NCCNC(=O)N(C)C)c1C. The molecule has 0 bridgehead atoms. The molecule has 3 N–H and O–H groups in total. The number of rotatable bonds is 7. The highest BCUT2D eigenvalue weighted by Gasteiger charge is 2.08. The Morgan fingerprint density at radius 2 is 1.62 bits per heavy atom. The molecule has 1 aromatic rings. The molecule has 0 spiro atoms. The average molecular weight is 294 g/mol. The zero-order valence-electron chi connectivity index (χ0n) is 13.6. The van der Waals surface area contributed by atoms with Crippen molar-refractivity contribution in [2.24, 2.45) is 0 Å². The van der Waals surface area contributed by atoms with Gasteiger partial charge in [0.2, 0.25) is 0 Å². The number of aromatic nitrogens is 2. The Morgan fingerprint density at radius 1 is 1.05 bits per heavy atom. The molecular weight excluding hydrogens is 268 g/mol. The van der Waals surface area contributed by atoms with E-state index in [-0.39, 0.29) is 6.03 Å². The van der Waals surface area contributed by atoms with E-state index in [1.54, 1.807) is 14.1 Å². The van der Waals surface area contributed by atoms with Crippen molar-refractivity contribution in [2.75, 3.05) is 44.4 Å². The van der Waals surface area contributed by atoms with Crippen LogP contribution in [0.5, 0.6) is 0 Å². The minimum absolute atomic E-state index is 0.0994. The van der Waals surface area contributed by atoms with Crippen molar-refractivity contribution in [2.45, 2.75) is 27.2 Å². The van der Waals surface area contributed by atoms with Crippen LogP contribution < -0.4 is 16.0 Å². The number of urea groups is 1. The first-order chi connectivity index (χ1) is 9.95. The molecule has 0 fully saturated rings. The average Bonchev–Trinajstić information content (AvgIpc) is 2.44. The third-order valence-corrected chi connectivity index (χ3v) is 2.90. The number of hydrogen-bond acceptors (Lipinski definition) is 5. The number of hydrogen-bond donors (Lipinski definition) is 3. The summed E-state index contributed by atoms with van der Waals surface area (Å²) in [6.45, 7) is 8.01. The lowest BCUT2D eigenvalue weighted by Crippen LogP contribution is -2.37. The standard InChI is InChI=1S/C14H26N6O/c1-6-7-15-12-10(2)13(19-11(3)18-12)16-8-9-17-14(21)20(4)5/h6-9H2,1-5H3,(H,17,21)(H2,15,16,18,19). The second-order valence-electron chi connectivity index (χ2n) is 5.07. The van der Waals surface area contributed by atoms with E-state index in [0.29, 0.717) is 13.1 Å². The summed E-state index contributed by atoms with van der Waals surface area (Å²) in [4.78, 5) is 21.7. The van der Waals surface area contributed by atoms with Crippen LogP contribution in [-0.4, -0.2) is 54.6 Å². The molecule has 0 aliphatic heterocycles. The summed E-state index contributed by atoms with van der Waals surface area (Å²) in [7, 11) is 3.43. The summed E-state index contributed by atoms with van der Waals surface area (Å²) in [5, 5.41) is 9.34. The molecule has 0 atom stereocenters. The van der Waals surface area contributed by atoms with Crippen LogP contribution in [0, 0.1) is 13.8 Å². The summed E-state index contributed by atoms with van der Waals surface area (Å²) in [5.74, 6) is 2.39. The summed E-state index contributed by atoms with van der Waals surface area (Å²) in [6.07, 6.45) is 1.04. The number of aryl methyl sites for hydroxylation is 1. The first-order valence-electron chi connectivity index (χ1n) is 7.23. The molecule has 0 aromatic carbocycles. The molecule has 2 amide bonds. The summed E-state index contributed by atoms with van der Waals surface area (Å²) in [6, 6.07) is -0.0994. The maximum absolute atomic E-state index is 11.4. The number of nitrogens with zero attached hydrogens (tertiary/aromatic N) is 3. The molecule has 0 unspecified atom stereocenters. The Hall–Kier alpha value is -2.05. The van der Waals surface area contributed by atoms with Crippen LogP contribution >= 0.6 is 0 Å². The number of anilines is 2. The molecule has 7 heteroatoms. The molecule has 0 aliphatic carbocycles. The quantitative estimate of drug-likeness (QED) is 0.665. The lowest BCUT2D eigenvalue weighted by Gasteiger charge is -2.15. The van der Waals surface area contributed by atoms with Crippen LogP contribution in [0.1, 0.15) is 24.7 Å². The molecule has 1 aromatic heterocycles. The van der Waals surface area contributed by atoms with Crippen molar-refractivity contribution in [1.82, 2.24) is 20.2 Å². The number of amides is 2. The predicted molar refractivity (Wildman–Crippen MR) is 85.9 cm³/mol. The van der Waals surface area contributed by atoms with Crippen LogP contribution in [0.25, 0.3) is 0 Å². The minimum atomic E-state index is -0.0994. The minimum Gasteiger partial charge on any atom is -0.370 e. The summed E-state index contributed by atoms with van der Waals surface area (Å²) in [5.41, 5.74) is 0.994. The Balaban J connectivity index is 2.58. The lowest BCUT2D eigenvalue weighted by molar-refractivity contribution is 0.218. The van der Waals surface area contributed by atoms with Gasteiger partial charge in [-0.1, -0.05) is 6.92 Å². The van der Waals surface area contributed by atoms with Gasteiger partial charge in [0, 0.05) is 39.3 Å². The highest BCUT2D eigenvalue weighted by molar-refractivity contribution is 5.73. The normalized spacial score (nSPS) is 10.1. The third-order valence-electron chi connectivity index (χ3n) is 2.90. The van der Waals surface area contributed by atoms with Gasteiger partial charge in [0.05, 0.1) is 0 Å². The summed E-state index contributed by atoms with van der Waals surface area (Å²) < 4.78 is 0. The Bertz CT molecular complexity index is 475. The second kappa shape index (κ2) is 8.28. The highest BCUT2D eigenvalue weighted by Crippen LogP contribution is 2.19. The maximum Gasteiger partial charge on any atom is 0.316 e. The molecule has 0 radical (unpaired) electrons. The van der Waals surface area contributed by atoms with Gasteiger partial charge in [0.25, 0.3) is 0 Å². The lowest BCUT2D eigenvalue weighted by atomic mass is 10.3. The van der Waals surface area contributed by atoms with Crippen LogP contribution in [0.15, 0.2) is 0 Å². The van der Waals surface area contributed by atoms with Crippen LogP contribution in [-0.2, 0) is 0 Å². The summed E-state index contributed by atoms with van der Waals surface area (Å²) >= 11 is 0. The molecule has 0 saturated heterocycles. The molecule has 21 heavy (non-hydrogen) atoms. The Morgan fingerprint density at radius 3 is 2.14 bits per heavy atom. The van der Waals surface area contributed by atoms with Crippen molar-refractivity contribution < 1.29 is 4.79 Å². The third kappa shape index (κ3) is 5.45. The largest absolute Gasteiger partial charge is 0.370 e. The van der Waals surface area contributed by atoms with Gasteiger partial charge in [0.1, 0.15) is 17.5 Å². The Labute approximate surface area is 126 Å². The monoisotopic (exact) mass is 294 g/mol. The van der Waals surface area contributed by atoms with Gasteiger partial charge in [-0.15, -0.1) is 0 Å². The van der Waals surface area contributed by atoms with Crippen LogP contribution in [0.4, 0.5) is 16.4 Å². The van der Waals surface area contributed by atoms with Crippen LogP contribution in [0.2, 0.25) is 0 Å². The van der Waals surface area contributed by atoms with Gasteiger partial charge in [0.15, 0.2) is 0 Å². The fraction of sp³-hybridized carbons (Fsp3) is 0.643. The van der Waals surface area contributed by atoms with Crippen molar-refractivity contribution in [1.29, 1.82) is 0 Å². The fourth-order valence-electron chi connectivity index (χ4n) is 1.72. The number of carbonyl (C=O) groups is 1. The topological polar surface area (TPSA) is 82.2 Å². The first-order valence-corrected chi connectivity index (χ1v) is 7.23. The van der Waals surface area contributed by atoms with E-state index in [9.17, 15) is 4.79 Å². The van der Waals surface area contributed by atoms with E-state index >= 15 is 0 Å². The van der Waals surface area contributed by atoms with Gasteiger partial charge in [-0.25, -0.2) is 14.8 Å². The Kier molecular flexibility index (Phi) is 6.71. The van der Waals surface area contributed by atoms with Crippen LogP contribution in [0.3, 0.4) is 0 Å². The van der Waals surface area contributed by atoms with Gasteiger partial charge >= 0.3 is 6.03 Å². The molecule has 0 saturated carbocycles. The second-order valence-corrected chi connectivity index (χ2v) is 5.07. The van der Waals surface area contributed by atoms with Gasteiger partial charge in [-0.2, -0.15) is 0 Å². The van der Waals surface area contributed by atoms with E-state index in [1.807, 2.05) is 13.8 Å². The van der Waals surface area contributed by atoms with E-state index in [0.717, 1.165) is 36.0 Å². The zero-order valence-corrected chi connectivity index (χ0v) is 13.6. The number of carbonyl (C=O) groups excluding carboxylic acids is 1. The first kappa shape index (κ1) is 17.0. The number of nitrogens with one attached hydrogen (secondary N) is 3. The van der Waals surface area contributed by atoms with E-state index in [2.05, 4.69) is 32.8 Å². The van der Waals surface area contributed by atoms with E-state index in [4.69, 9.17) is 0 Å². The van der Waals surface area contributed by atoms with Gasteiger partial charge < -0.3 is 20.9 Å². The van der Waals surface area contributed by atoms with Gasteiger partial charge in [-0.05, 0) is 20.3 Å². The maximum atomic E-state index is 11.4. The smallest absolute Gasteiger partial charge is 0.316 e. The molecule has 7 nitrogen and oxygen atoms in total. The molecule has 1 heterocycles. The fourth-order valence-corrected chi connectivity index (χ4v) is 1.72. The van der Waals surface area contributed by atoms with Crippen molar-refractivity contribution in [3.8, 4) is 0 Å². The molecule has 118 valence electrons. The zero-order chi connectivity index (χ0) is 15.8. The van der Waals surface area contributed by atoms with Gasteiger partial charge in [-0.3, -0.25) is 0 Å². The highest BCUT2D eigenvalue weighted by atomic mass is 16.2. The molecular formula is C14H26N6O. The van der Waals surface area contributed by atoms with E-state index < -0.39 is 0 Å². The molecule has 0 aliphatic rings. The predicted octanol–water partition coefficient (Wildman–Crippen LogP) is 1.60. The van der Waals surface area contributed by atoms with Crippen molar-refractivity contribution in [3.63, 3.8) is 0 Å².